The number of hydrogen-bond donors (Lipinski definition) is 1. The Balaban J connectivity index is 1.81. The van der Waals surface area contributed by atoms with E-state index in [0.717, 1.165) is 25.7 Å². The number of rotatable bonds is 2. The van der Waals surface area contributed by atoms with Gasteiger partial charge in [-0.25, -0.2) is 4.79 Å². The number of ether oxygens (including phenoxy) is 1. The first-order chi connectivity index (χ1) is 10.8. The SMILES string of the molecule is CC1(C)CN(C(=O)c2ccc(C(=O)O)cc2)CC2(CCCC2)O1. The lowest BCUT2D eigenvalue weighted by Gasteiger charge is -2.48. The van der Waals surface area contributed by atoms with Crippen LogP contribution in [0.2, 0.25) is 0 Å². The average molecular weight is 317 g/mol. The molecule has 1 saturated heterocycles. The van der Waals surface area contributed by atoms with Crippen molar-refractivity contribution >= 4 is 11.9 Å². The van der Waals surface area contributed by atoms with Gasteiger partial charge in [0.1, 0.15) is 0 Å². The lowest BCUT2D eigenvalue weighted by molar-refractivity contribution is -0.184. The minimum Gasteiger partial charge on any atom is -0.478 e. The van der Waals surface area contributed by atoms with Gasteiger partial charge in [0, 0.05) is 12.1 Å². The summed E-state index contributed by atoms with van der Waals surface area (Å²) in [7, 11) is 0. The molecular weight excluding hydrogens is 294 g/mol. The average Bonchev–Trinajstić information content (AvgIpc) is 2.92. The van der Waals surface area contributed by atoms with Gasteiger partial charge in [-0.05, 0) is 51.0 Å². The van der Waals surface area contributed by atoms with E-state index in [1.807, 2.05) is 18.7 Å². The third kappa shape index (κ3) is 3.24. The van der Waals surface area contributed by atoms with E-state index in [1.54, 1.807) is 12.1 Å². The molecule has 3 rings (SSSR count). The van der Waals surface area contributed by atoms with E-state index in [0.29, 0.717) is 18.7 Å². The number of carbonyl (C=O) groups excluding carboxylic acids is 1. The summed E-state index contributed by atoms with van der Waals surface area (Å²) in [6.07, 6.45) is 4.28. The van der Waals surface area contributed by atoms with Crippen molar-refractivity contribution in [3.05, 3.63) is 35.4 Å². The van der Waals surface area contributed by atoms with Crippen molar-refractivity contribution in [2.45, 2.75) is 50.7 Å². The molecule has 1 saturated carbocycles. The summed E-state index contributed by atoms with van der Waals surface area (Å²) in [6, 6.07) is 6.14. The van der Waals surface area contributed by atoms with Crippen molar-refractivity contribution < 1.29 is 19.4 Å². The van der Waals surface area contributed by atoms with Gasteiger partial charge in [0.25, 0.3) is 5.91 Å². The highest BCUT2D eigenvalue weighted by Crippen LogP contribution is 2.40. The van der Waals surface area contributed by atoms with Gasteiger partial charge in [0.05, 0.1) is 23.3 Å². The van der Waals surface area contributed by atoms with Crippen LogP contribution in [0.15, 0.2) is 24.3 Å². The van der Waals surface area contributed by atoms with Gasteiger partial charge < -0.3 is 14.7 Å². The molecule has 1 aliphatic heterocycles. The standard InChI is InChI=1S/C18H23NO4/c1-17(2)11-19(12-18(23-17)9-3-4-10-18)15(20)13-5-7-14(8-6-13)16(21)22/h5-8H,3-4,9-12H2,1-2H3,(H,21,22). The normalized spacial score (nSPS) is 22.3. The number of hydrogen-bond acceptors (Lipinski definition) is 3. The van der Waals surface area contributed by atoms with Crippen LogP contribution in [0, 0.1) is 0 Å². The second-order valence-electron chi connectivity index (χ2n) is 7.30. The highest BCUT2D eigenvalue weighted by Gasteiger charge is 2.47. The van der Waals surface area contributed by atoms with Gasteiger partial charge >= 0.3 is 5.97 Å². The molecule has 0 radical (unpaired) electrons. The zero-order valence-corrected chi connectivity index (χ0v) is 13.7. The third-order valence-electron chi connectivity index (χ3n) is 4.72. The number of nitrogens with zero attached hydrogens (tertiary/aromatic N) is 1. The first kappa shape index (κ1) is 16.0. The molecule has 23 heavy (non-hydrogen) atoms. The summed E-state index contributed by atoms with van der Waals surface area (Å²) >= 11 is 0. The highest BCUT2D eigenvalue weighted by molar-refractivity contribution is 5.96. The van der Waals surface area contributed by atoms with E-state index in [2.05, 4.69) is 0 Å². The van der Waals surface area contributed by atoms with Gasteiger partial charge in [-0.2, -0.15) is 0 Å². The number of carboxylic acid groups (broad SMARTS) is 1. The molecule has 0 bridgehead atoms. The van der Waals surface area contributed by atoms with Crippen molar-refractivity contribution in [2.24, 2.45) is 0 Å². The fourth-order valence-corrected chi connectivity index (χ4v) is 3.88. The highest BCUT2D eigenvalue weighted by atomic mass is 16.5. The fraction of sp³-hybridized carbons (Fsp3) is 0.556. The zero-order valence-electron chi connectivity index (χ0n) is 13.7. The molecule has 1 spiro atoms. The van der Waals surface area contributed by atoms with E-state index in [9.17, 15) is 9.59 Å². The Morgan fingerprint density at radius 1 is 1.04 bits per heavy atom. The minimum absolute atomic E-state index is 0.0513. The van der Waals surface area contributed by atoms with Gasteiger partial charge in [-0.3, -0.25) is 4.79 Å². The monoisotopic (exact) mass is 317 g/mol. The van der Waals surface area contributed by atoms with Gasteiger partial charge in [0.15, 0.2) is 0 Å². The first-order valence-electron chi connectivity index (χ1n) is 8.13. The number of carbonyl (C=O) groups is 2. The molecule has 5 nitrogen and oxygen atoms in total. The Morgan fingerprint density at radius 2 is 1.61 bits per heavy atom. The Kier molecular flexibility index (Phi) is 3.92. The van der Waals surface area contributed by atoms with Crippen LogP contribution in [0.3, 0.4) is 0 Å². The van der Waals surface area contributed by atoms with Gasteiger partial charge in [-0.15, -0.1) is 0 Å². The largest absolute Gasteiger partial charge is 0.478 e. The van der Waals surface area contributed by atoms with Gasteiger partial charge in [-0.1, -0.05) is 12.8 Å². The van der Waals surface area contributed by atoms with Crippen LogP contribution in [0.25, 0.3) is 0 Å². The molecule has 0 unspecified atom stereocenters. The van der Waals surface area contributed by atoms with Crippen LogP contribution in [0.4, 0.5) is 0 Å². The Labute approximate surface area is 136 Å². The van der Waals surface area contributed by atoms with Crippen molar-refractivity contribution in [3.63, 3.8) is 0 Å². The zero-order chi connectivity index (χ0) is 16.7. The predicted molar refractivity (Wildman–Crippen MR) is 85.7 cm³/mol. The number of aromatic carboxylic acids is 1. The van der Waals surface area contributed by atoms with Gasteiger partial charge in [0.2, 0.25) is 0 Å². The Hall–Kier alpha value is -1.88. The Morgan fingerprint density at radius 3 is 2.17 bits per heavy atom. The maximum atomic E-state index is 12.8. The second-order valence-corrected chi connectivity index (χ2v) is 7.30. The summed E-state index contributed by atoms with van der Waals surface area (Å²) in [6.45, 7) is 5.23. The van der Waals surface area contributed by atoms with E-state index in [-0.39, 0.29) is 22.7 Å². The van der Waals surface area contributed by atoms with Crippen LogP contribution >= 0.6 is 0 Å². The maximum Gasteiger partial charge on any atom is 0.335 e. The number of morpholine rings is 1. The molecule has 1 aromatic rings. The molecule has 1 amide bonds. The van der Waals surface area contributed by atoms with Crippen LogP contribution in [-0.2, 0) is 4.74 Å². The first-order valence-corrected chi connectivity index (χ1v) is 8.13. The van der Waals surface area contributed by atoms with Crippen molar-refractivity contribution in [1.82, 2.24) is 4.90 Å². The minimum atomic E-state index is -0.985. The second kappa shape index (κ2) is 5.64. The summed E-state index contributed by atoms with van der Waals surface area (Å²) in [4.78, 5) is 25.6. The molecule has 1 aromatic carbocycles. The molecule has 5 heteroatoms. The molecule has 0 aromatic heterocycles. The predicted octanol–water partition coefficient (Wildman–Crippen LogP) is 2.95. The van der Waals surface area contributed by atoms with E-state index in [1.165, 1.54) is 12.1 Å². The summed E-state index contributed by atoms with van der Waals surface area (Å²) in [5.41, 5.74) is 0.148. The number of carboxylic acids is 1. The van der Waals surface area contributed by atoms with Crippen molar-refractivity contribution in [1.29, 1.82) is 0 Å². The topological polar surface area (TPSA) is 66.8 Å². The van der Waals surface area contributed by atoms with E-state index < -0.39 is 5.97 Å². The van der Waals surface area contributed by atoms with E-state index in [4.69, 9.17) is 9.84 Å². The van der Waals surface area contributed by atoms with Crippen LogP contribution < -0.4 is 0 Å². The van der Waals surface area contributed by atoms with Crippen LogP contribution in [0.1, 0.15) is 60.2 Å². The lowest BCUT2D eigenvalue weighted by atomic mass is 9.93. The quantitative estimate of drug-likeness (QED) is 0.910. The third-order valence-corrected chi connectivity index (χ3v) is 4.72. The van der Waals surface area contributed by atoms with Crippen molar-refractivity contribution in [3.8, 4) is 0 Å². The number of benzene rings is 1. The van der Waals surface area contributed by atoms with E-state index >= 15 is 0 Å². The molecule has 2 aliphatic rings. The summed E-state index contributed by atoms with van der Waals surface area (Å²) in [5, 5.41) is 8.96. The fourth-order valence-electron chi connectivity index (χ4n) is 3.88. The lowest BCUT2D eigenvalue weighted by Crippen LogP contribution is -2.60. The number of amides is 1. The molecule has 1 aliphatic carbocycles. The van der Waals surface area contributed by atoms with Crippen LogP contribution in [-0.4, -0.2) is 46.2 Å². The van der Waals surface area contributed by atoms with Crippen LogP contribution in [0.5, 0.6) is 0 Å². The molecule has 1 N–H and O–H groups in total. The molecule has 1 heterocycles. The molecule has 124 valence electrons. The summed E-state index contributed by atoms with van der Waals surface area (Å²) < 4.78 is 6.32. The smallest absolute Gasteiger partial charge is 0.335 e. The molecular formula is C18H23NO4. The summed E-state index contributed by atoms with van der Waals surface area (Å²) in [5.74, 6) is -1.04. The molecule has 0 atom stereocenters. The molecule has 2 fully saturated rings. The Bertz CT molecular complexity index is 614. The maximum absolute atomic E-state index is 12.8. The van der Waals surface area contributed by atoms with Crippen molar-refractivity contribution in [2.75, 3.05) is 13.1 Å².